The fraction of sp³-hybridized carbons (Fsp3) is 0.125. The molecule has 0 amide bonds. The Bertz CT molecular complexity index is 1590. The maximum Gasteiger partial charge on any atom is 0.210 e. The van der Waals surface area contributed by atoms with Crippen molar-refractivity contribution in [1.82, 2.24) is 4.98 Å². The molecule has 2 heteroatoms. The van der Waals surface area contributed by atoms with Crippen LogP contribution in [0.3, 0.4) is 0 Å². The van der Waals surface area contributed by atoms with E-state index >= 15 is 0 Å². The van der Waals surface area contributed by atoms with E-state index in [0.29, 0.717) is 0 Å². The first kappa shape index (κ1) is 20.6. The topological polar surface area (TPSA) is 15.9 Å². The second kappa shape index (κ2) is 8.07. The number of aromatic nitrogens is 1. The summed E-state index contributed by atoms with van der Waals surface area (Å²) in [7, 11) is 2.19. The zero-order chi connectivity index (χ0) is 23.1. The Morgan fingerprint density at radius 1 is 0.735 bits per heavy atom. The highest BCUT2D eigenvalue weighted by atomic mass is 15.0. The van der Waals surface area contributed by atoms with Crippen molar-refractivity contribution in [2.24, 2.45) is 0 Å². The Kier molecular flexibility index (Phi) is 4.88. The molecule has 1 atom stereocenters. The predicted octanol–water partition coefficient (Wildman–Crippen LogP) is 7.33. The number of nitrogens with zero attached hydrogens (tertiary/aromatic N) is 2. The van der Waals surface area contributed by atoms with E-state index in [-0.39, 0.29) is 5.41 Å². The van der Waals surface area contributed by atoms with Crippen LogP contribution in [0.25, 0.3) is 27.8 Å². The standard InChI is InChI=1S/C32H27N2/c1-32(22-23-10-4-3-5-11-23)30(21-19-26-18-16-25-13-7-9-15-28(25)33-26)34(2)29-20-17-24-12-6-8-14-27(24)31(29)32/h3-21H,22H2,1-2H3/q+1. The number of allylic oxidation sites excluding steroid dienone is 1. The summed E-state index contributed by atoms with van der Waals surface area (Å²) in [6.07, 6.45) is 5.37. The minimum atomic E-state index is -0.167. The smallest absolute Gasteiger partial charge is 0.210 e. The third-order valence-corrected chi connectivity index (χ3v) is 7.18. The molecule has 0 spiro atoms. The normalized spacial score (nSPS) is 17.7. The summed E-state index contributed by atoms with van der Waals surface area (Å²) >= 11 is 0. The van der Waals surface area contributed by atoms with Crippen LogP contribution in [0.2, 0.25) is 0 Å². The fourth-order valence-corrected chi connectivity index (χ4v) is 5.57. The van der Waals surface area contributed by atoms with Crippen molar-refractivity contribution in [3.8, 4) is 0 Å². The van der Waals surface area contributed by atoms with Crippen molar-refractivity contribution in [2.45, 2.75) is 18.8 Å². The second-order valence-electron chi connectivity index (χ2n) is 9.38. The quantitative estimate of drug-likeness (QED) is 0.268. The molecule has 6 rings (SSSR count). The first-order valence-electron chi connectivity index (χ1n) is 11.8. The molecule has 0 saturated heterocycles. The molecule has 0 saturated carbocycles. The molecule has 0 fully saturated rings. The van der Waals surface area contributed by atoms with E-state index in [1.165, 1.54) is 33.3 Å². The average molecular weight is 440 g/mol. The SMILES string of the molecule is C[N+]1=C(C=Cc2ccc3ccccc3n2)C(C)(Cc2ccccc2)c2c1ccc1ccccc21. The third-order valence-electron chi connectivity index (χ3n) is 7.18. The lowest BCUT2D eigenvalue weighted by atomic mass is 9.73. The third kappa shape index (κ3) is 3.34. The summed E-state index contributed by atoms with van der Waals surface area (Å²) in [6, 6.07) is 36.6. The number of benzene rings is 4. The van der Waals surface area contributed by atoms with E-state index in [0.717, 1.165) is 23.0 Å². The van der Waals surface area contributed by atoms with Crippen LogP contribution in [-0.2, 0) is 11.8 Å². The van der Waals surface area contributed by atoms with E-state index < -0.39 is 0 Å². The highest BCUT2D eigenvalue weighted by Gasteiger charge is 2.47. The first-order valence-corrected chi connectivity index (χ1v) is 11.8. The van der Waals surface area contributed by atoms with Crippen molar-refractivity contribution in [3.05, 3.63) is 126 Å². The summed E-state index contributed by atoms with van der Waals surface area (Å²) in [5.74, 6) is 0. The van der Waals surface area contributed by atoms with Gasteiger partial charge >= 0.3 is 0 Å². The Labute approximate surface area is 200 Å². The molecule has 1 aliphatic rings. The van der Waals surface area contributed by atoms with Crippen LogP contribution in [0, 0.1) is 0 Å². The molecule has 2 heterocycles. The summed E-state index contributed by atoms with van der Waals surface area (Å²) in [4.78, 5) is 4.87. The fourth-order valence-electron chi connectivity index (χ4n) is 5.57. The lowest BCUT2D eigenvalue weighted by Crippen LogP contribution is -2.33. The van der Waals surface area contributed by atoms with Gasteiger partial charge in [0.2, 0.25) is 5.69 Å². The first-order chi connectivity index (χ1) is 16.6. The van der Waals surface area contributed by atoms with Gasteiger partial charge in [0.05, 0.1) is 16.6 Å². The zero-order valence-electron chi connectivity index (χ0n) is 19.6. The van der Waals surface area contributed by atoms with Crippen LogP contribution in [0.1, 0.15) is 23.7 Å². The van der Waals surface area contributed by atoms with Crippen LogP contribution >= 0.6 is 0 Å². The molecule has 34 heavy (non-hydrogen) atoms. The molecular formula is C32H27N2+. The van der Waals surface area contributed by atoms with Crippen LogP contribution < -0.4 is 0 Å². The number of fused-ring (bicyclic) bond motifs is 4. The van der Waals surface area contributed by atoms with Crippen LogP contribution in [0.4, 0.5) is 5.69 Å². The maximum absolute atomic E-state index is 4.87. The summed E-state index contributed by atoms with van der Waals surface area (Å²) in [5, 5.41) is 3.78. The van der Waals surface area contributed by atoms with Crippen LogP contribution in [0.5, 0.6) is 0 Å². The Hall–Kier alpha value is -4.04. The van der Waals surface area contributed by atoms with Gasteiger partial charge in [-0.25, -0.2) is 4.98 Å². The van der Waals surface area contributed by atoms with E-state index in [1.54, 1.807) is 0 Å². The van der Waals surface area contributed by atoms with Gasteiger partial charge in [-0.2, -0.15) is 4.58 Å². The van der Waals surface area contributed by atoms with Gasteiger partial charge in [0.25, 0.3) is 0 Å². The Balaban J connectivity index is 1.50. The predicted molar refractivity (Wildman–Crippen MR) is 143 cm³/mol. The van der Waals surface area contributed by atoms with Crippen LogP contribution in [0.15, 0.2) is 109 Å². The van der Waals surface area contributed by atoms with Gasteiger partial charge in [-0.15, -0.1) is 0 Å². The summed E-state index contributed by atoms with van der Waals surface area (Å²) in [5.41, 5.74) is 7.15. The lowest BCUT2D eigenvalue weighted by Gasteiger charge is -2.24. The highest BCUT2D eigenvalue weighted by molar-refractivity contribution is 6.09. The van der Waals surface area contributed by atoms with Gasteiger partial charge in [0.1, 0.15) is 7.05 Å². The van der Waals surface area contributed by atoms with Gasteiger partial charge < -0.3 is 0 Å². The van der Waals surface area contributed by atoms with Crippen molar-refractivity contribution in [1.29, 1.82) is 0 Å². The van der Waals surface area contributed by atoms with E-state index in [9.17, 15) is 0 Å². The molecule has 4 aromatic carbocycles. The zero-order valence-corrected chi connectivity index (χ0v) is 19.6. The lowest BCUT2D eigenvalue weighted by molar-refractivity contribution is -0.401. The number of hydrogen-bond donors (Lipinski definition) is 0. The maximum atomic E-state index is 4.87. The van der Waals surface area contributed by atoms with Gasteiger partial charge in [0, 0.05) is 23.1 Å². The number of pyridine rings is 1. The largest absolute Gasteiger partial charge is 0.248 e. The number of para-hydroxylation sites is 1. The highest BCUT2D eigenvalue weighted by Crippen LogP contribution is 2.45. The Morgan fingerprint density at radius 2 is 1.44 bits per heavy atom. The van der Waals surface area contributed by atoms with Gasteiger partial charge in [-0.1, -0.05) is 78.9 Å². The summed E-state index contributed by atoms with van der Waals surface area (Å²) < 4.78 is 2.36. The van der Waals surface area contributed by atoms with Gasteiger partial charge in [0.15, 0.2) is 5.71 Å². The molecule has 2 nitrogen and oxygen atoms in total. The minimum absolute atomic E-state index is 0.167. The molecule has 0 bridgehead atoms. The molecular weight excluding hydrogens is 412 g/mol. The second-order valence-corrected chi connectivity index (χ2v) is 9.38. The molecule has 0 aliphatic carbocycles. The van der Waals surface area contributed by atoms with E-state index in [4.69, 9.17) is 4.98 Å². The minimum Gasteiger partial charge on any atom is -0.248 e. The van der Waals surface area contributed by atoms with Crippen molar-refractivity contribution in [3.63, 3.8) is 0 Å². The molecule has 5 aromatic rings. The molecule has 0 radical (unpaired) electrons. The van der Waals surface area contributed by atoms with Crippen molar-refractivity contribution < 1.29 is 4.58 Å². The molecule has 1 aliphatic heterocycles. The average Bonchev–Trinajstić information content (AvgIpc) is 3.09. The van der Waals surface area contributed by atoms with E-state index in [2.05, 4.69) is 128 Å². The van der Waals surface area contributed by atoms with Gasteiger partial charge in [-0.3, -0.25) is 0 Å². The molecule has 1 aromatic heterocycles. The van der Waals surface area contributed by atoms with Crippen LogP contribution in [-0.4, -0.2) is 22.3 Å². The summed E-state index contributed by atoms with van der Waals surface area (Å²) in [6.45, 7) is 2.39. The molecule has 0 N–H and O–H groups in total. The van der Waals surface area contributed by atoms with Crippen molar-refractivity contribution in [2.75, 3.05) is 7.05 Å². The number of rotatable bonds is 4. The molecule has 1 unspecified atom stereocenters. The van der Waals surface area contributed by atoms with Gasteiger partial charge in [-0.05, 0) is 54.0 Å². The molecule has 164 valence electrons. The van der Waals surface area contributed by atoms with Crippen molar-refractivity contribution >= 4 is 39.2 Å². The monoisotopic (exact) mass is 439 g/mol. The number of hydrogen-bond acceptors (Lipinski definition) is 1. The van der Waals surface area contributed by atoms with E-state index in [1.807, 2.05) is 6.07 Å². The Morgan fingerprint density at radius 3 is 2.29 bits per heavy atom.